The minimum Gasteiger partial charge on any atom is -0.491 e. The maximum absolute atomic E-state index is 10.8. The number of ether oxygens (including phenoxy) is 1. The highest BCUT2D eigenvalue weighted by atomic mass is 79.9. The van der Waals surface area contributed by atoms with Gasteiger partial charge in [0.2, 0.25) is 0 Å². The van der Waals surface area contributed by atoms with Gasteiger partial charge in [-0.15, -0.1) is 11.8 Å². The summed E-state index contributed by atoms with van der Waals surface area (Å²) in [6, 6.07) is 12.0. The SMILES string of the molecule is O=Cc1cc(Br)c(OCC2CSc3ccccc32)c(Br)c1. The van der Waals surface area contributed by atoms with Crippen molar-refractivity contribution in [3.63, 3.8) is 0 Å². The van der Waals surface area contributed by atoms with Gasteiger partial charge in [0, 0.05) is 22.1 Å². The number of halogens is 2. The fourth-order valence-corrected chi connectivity index (χ4v) is 5.02. The summed E-state index contributed by atoms with van der Waals surface area (Å²) in [6.45, 7) is 0.627. The largest absolute Gasteiger partial charge is 0.491 e. The van der Waals surface area contributed by atoms with Gasteiger partial charge in [-0.25, -0.2) is 0 Å². The van der Waals surface area contributed by atoms with Crippen LogP contribution in [0.1, 0.15) is 21.8 Å². The van der Waals surface area contributed by atoms with Gasteiger partial charge >= 0.3 is 0 Å². The third kappa shape index (κ3) is 3.20. The van der Waals surface area contributed by atoms with Crippen molar-refractivity contribution in [1.29, 1.82) is 0 Å². The standard InChI is InChI=1S/C16H12Br2O2S/c17-13-5-10(7-19)6-14(18)16(13)20-8-11-9-21-15-4-2-1-3-12(11)15/h1-7,11H,8-9H2. The number of hydrogen-bond donors (Lipinski definition) is 0. The smallest absolute Gasteiger partial charge is 0.150 e. The van der Waals surface area contributed by atoms with E-state index in [1.165, 1.54) is 10.5 Å². The Morgan fingerprint density at radius 3 is 2.67 bits per heavy atom. The van der Waals surface area contributed by atoms with E-state index < -0.39 is 0 Å². The van der Waals surface area contributed by atoms with Crippen molar-refractivity contribution in [2.75, 3.05) is 12.4 Å². The van der Waals surface area contributed by atoms with Crippen LogP contribution in [0.4, 0.5) is 0 Å². The number of thioether (sulfide) groups is 1. The molecular formula is C16H12Br2O2S. The van der Waals surface area contributed by atoms with Crippen LogP contribution >= 0.6 is 43.6 Å². The van der Waals surface area contributed by atoms with E-state index in [-0.39, 0.29) is 0 Å². The number of carbonyl (C=O) groups excluding carboxylic acids is 1. The Morgan fingerprint density at radius 1 is 1.24 bits per heavy atom. The molecule has 0 fully saturated rings. The monoisotopic (exact) mass is 426 g/mol. The Labute approximate surface area is 144 Å². The highest BCUT2D eigenvalue weighted by Gasteiger charge is 2.23. The molecule has 0 aromatic heterocycles. The Morgan fingerprint density at radius 2 is 1.95 bits per heavy atom. The summed E-state index contributed by atoms with van der Waals surface area (Å²) in [5, 5.41) is 0. The van der Waals surface area contributed by atoms with Crippen molar-refractivity contribution < 1.29 is 9.53 Å². The molecule has 5 heteroatoms. The molecule has 21 heavy (non-hydrogen) atoms. The summed E-state index contributed by atoms with van der Waals surface area (Å²) in [5.74, 6) is 2.19. The summed E-state index contributed by atoms with van der Waals surface area (Å²) in [6.07, 6.45) is 0.823. The third-order valence-corrected chi connectivity index (χ3v) is 5.81. The number of rotatable bonds is 4. The number of benzene rings is 2. The molecule has 3 rings (SSSR count). The summed E-state index contributed by atoms with van der Waals surface area (Å²) in [4.78, 5) is 12.2. The molecule has 1 heterocycles. The van der Waals surface area contributed by atoms with Gasteiger partial charge in [0.05, 0.1) is 15.6 Å². The maximum Gasteiger partial charge on any atom is 0.150 e. The zero-order valence-corrected chi connectivity index (χ0v) is 15.0. The number of fused-ring (bicyclic) bond motifs is 1. The molecule has 0 saturated carbocycles. The van der Waals surface area contributed by atoms with Crippen molar-refractivity contribution in [1.82, 2.24) is 0 Å². The van der Waals surface area contributed by atoms with Crippen LogP contribution in [-0.4, -0.2) is 18.6 Å². The topological polar surface area (TPSA) is 26.3 Å². The molecule has 0 amide bonds. The van der Waals surface area contributed by atoms with E-state index in [4.69, 9.17) is 4.74 Å². The van der Waals surface area contributed by atoms with Gasteiger partial charge < -0.3 is 4.74 Å². The summed E-state index contributed by atoms with van der Waals surface area (Å²) in [5.41, 5.74) is 1.97. The minimum atomic E-state index is 0.399. The molecule has 0 spiro atoms. The van der Waals surface area contributed by atoms with Gasteiger partial charge in [0.1, 0.15) is 12.0 Å². The van der Waals surface area contributed by atoms with Crippen LogP contribution in [0.3, 0.4) is 0 Å². The molecule has 1 aliphatic rings. The zero-order chi connectivity index (χ0) is 14.8. The Balaban J connectivity index is 1.76. The first-order valence-electron chi connectivity index (χ1n) is 6.48. The van der Waals surface area contributed by atoms with E-state index >= 15 is 0 Å². The van der Waals surface area contributed by atoms with Crippen molar-refractivity contribution >= 4 is 49.9 Å². The Kier molecular flexibility index (Phi) is 4.72. The molecule has 0 bridgehead atoms. The lowest BCUT2D eigenvalue weighted by Gasteiger charge is -2.15. The van der Waals surface area contributed by atoms with E-state index in [0.29, 0.717) is 18.1 Å². The van der Waals surface area contributed by atoms with Crippen LogP contribution < -0.4 is 4.74 Å². The molecule has 2 aromatic rings. The predicted octanol–water partition coefficient (Wildman–Crippen LogP) is 5.29. The average Bonchev–Trinajstić information content (AvgIpc) is 2.89. The van der Waals surface area contributed by atoms with Gasteiger partial charge in [-0.3, -0.25) is 4.79 Å². The first kappa shape index (κ1) is 15.1. The molecular weight excluding hydrogens is 416 g/mol. The molecule has 1 unspecified atom stereocenters. The molecule has 2 aromatic carbocycles. The predicted molar refractivity (Wildman–Crippen MR) is 92.6 cm³/mol. The van der Waals surface area contributed by atoms with Gasteiger partial charge in [-0.1, -0.05) is 18.2 Å². The van der Waals surface area contributed by atoms with Crippen LogP contribution in [0.15, 0.2) is 50.2 Å². The van der Waals surface area contributed by atoms with Crippen molar-refractivity contribution in [3.8, 4) is 5.75 Å². The minimum absolute atomic E-state index is 0.399. The third-order valence-electron chi connectivity index (χ3n) is 3.38. The second-order valence-electron chi connectivity index (χ2n) is 4.79. The van der Waals surface area contributed by atoms with Crippen LogP contribution in [0.5, 0.6) is 5.75 Å². The molecule has 2 nitrogen and oxygen atoms in total. The van der Waals surface area contributed by atoms with Crippen molar-refractivity contribution in [2.45, 2.75) is 10.8 Å². The summed E-state index contributed by atoms with van der Waals surface area (Å²) < 4.78 is 7.56. The van der Waals surface area contributed by atoms with Crippen LogP contribution in [0, 0.1) is 0 Å². The molecule has 1 atom stereocenters. The van der Waals surface area contributed by atoms with Gasteiger partial charge in [0.15, 0.2) is 0 Å². The van der Waals surface area contributed by atoms with E-state index in [1.807, 2.05) is 11.8 Å². The second kappa shape index (κ2) is 6.55. The summed E-state index contributed by atoms with van der Waals surface area (Å²) >= 11 is 8.80. The maximum atomic E-state index is 10.8. The number of carbonyl (C=O) groups is 1. The van der Waals surface area contributed by atoms with Crippen molar-refractivity contribution in [2.24, 2.45) is 0 Å². The van der Waals surface area contributed by atoms with Crippen LogP contribution in [0.25, 0.3) is 0 Å². The molecule has 0 radical (unpaired) electrons. The molecule has 1 aliphatic heterocycles. The quantitative estimate of drug-likeness (QED) is 0.620. The van der Waals surface area contributed by atoms with E-state index in [9.17, 15) is 4.79 Å². The lowest BCUT2D eigenvalue weighted by atomic mass is 10.0. The Hall–Kier alpha value is -0.780. The fourth-order valence-electron chi connectivity index (χ4n) is 2.34. The van der Waals surface area contributed by atoms with Gasteiger partial charge in [-0.05, 0) is 55.6 Å². The highest BCUT2D eigenvalue weighted by molar-refractivity contribution is 9.11. The Bertz CT molecular complexity index is 665. The molecule has 0 saturated heterocycles. The number of aldehydes is 1. The lowest BCUT2D eigenvalue weighted by Crippen LogP contribution is -2.10. The lowest BCUT2D eigenvalue weighted by molar-refractivity contribution is 0.112. The van der Waals surface area contributed by atoms with E-state index in [0.717, 1.165) is 26.7 Å². The average molecular weight is 428 g/mol. The summed E-state index contributed by atoms with van der Waals surface area (Å²) in [7, 11) is 0. The first-order valence-corrected chi connectivity index (χ1v) is 9.05. The van der Waals surface area contributed by atoms with Crippen LogP contribution in [0.2, 0.25) is 0 Å². The van der Waals surface area contributed by atoms with Gasteiger partial charge in [-0.2, -0.15) is 0 Å². The normalized spacial score (nSPS) is 16.6. The second-order valence-corrected chi connectivity index (χ2v) is 7.56. The van der Waals surface area contributed by atoms with E-state index in [2.05, 4.69) is 56.1 Å². The molecule has 108 valence electrons. The zero-order valence-electron chi connectivity index (χ0n) is 11.0. The van der Waals surface area contributed by atoms with Crippen molar-refractivity contribution in [3.05, 3.63) is 56.5 Å². The number of hydrogen-bond acceptors (Lipinski definition) is 3. The highest BCUT2D eigenvalue weighted by Crippen LogP contribution is 2.41. The van der Waals surface area contributed by atoms with Gasteiger partial charge in [0.25, 0.3) is 0 Å². The fraction of sp³-hybridized carbons (Fsp3) is 0.188. The first-order chi connectivity index (χ1) is 10.2. The van der Waals surface area contributed by atoms with Crippen LogP contribution in [-0.2, 0) is 0 Å². The molecule has 0 aliphatic carbocycles. The van der Waals surface area contributed by atoms with E-state index in [1.54, 1.807) is 12.1 Å². The molecule has 0 N–H and O–H groups in total.